The van der Waals surface area contributed by atoms with E-state index in [-0.39, 0.29) is 23.2 Å². The summed E-state index contributed by atoms with van der Waals surface area (Å²) in [5.41, 5.74) is 4.40. The smallest absolute Gasteiger partial charge is 0.358 e. The molecule has 6 nitrogen and oxygen atoms in total. The van der Waals surface area contributed by atoms with Gasteiger partial charge in [0.05, 0.1) is 24.0 Å². The number of nitrogens with zero attached hydrogens (tertiary/aromatic N) is 3. The van der Waals surface area contributed by atoms with Crippen molar-refractivity contribution in [1.29, 1.82) is 5.26 Å². The Hall–Kier alpha value is -1.92. The Bertz CT molecular complexity index is 765. The quantitative estimate of drug-likeness (QED) is 0.819. The summed E-state index contributed by atoms with van der Waals surface area (Å²) in [5, 5.41) is 13.1. The number of aromatic nitrogens is 2. The molecule has 142 valence electrons. The number of ketones is 1. The van der Waals surface area contributed by atoms with Crippen LogP contribution in [0.25, 0.3) is 0 Å². The Morgan fingerprint density at radius 1 is 1.42 bits per heavy atom. The summed E-state index contributed by atoms with van der Waals surface area (Å²) in [5.74, 6) is -3.09. The number of ether oxygens (including phenoxy) is 1. The first-order valence-corrected chi connectivity index (χ1v) is 8.39. The molecule has 1 aromatic rings. The topological polar surface area (TPSA) is 93.9 Å². The van der Waals surface area contributed by atoms with E-state index >= 15 is 0 Å². The van der Waals surface area contributed by atoms with E-state index in [4.69, 9.17) is 10.5 Å². The molecule has 3 rings (SSSR count). The summed E-state index contributed by atoms with van der Waals surface area (Å²) in [4.78, 5) is 12.8. The van der Waals surface area contributed by atoms with Crippen LogP contribution in [0.4, 0.5) is 13.2 Å². The molecule has 9 heteroatoms. The summed E-state index contributed by atoms with van der Waals surface area (Å²) in [6.07, 6.45) is -4.41. The first-order chi connectivity index (χ1) is 11.9. The molecule has 1 aliphatic carbocycles. The van der Waals surface area contributed by atoms with Crippen molar-refractivity contribution < 1.29 is 22.7 Å². The highest BCUT2D eigenvalue weighted by Gasteiger charge is 2.55. The third kappa shape index (κ3) is 3.12. The molecule has 2 aliphatic rings. The van der Waals surface area contributed by atoms with E-state index in [0.717, 1.165) is 4.68 Å². The Balaban J connectivity index is 2.14. The van der Waals surface area contributed by atoms with Crippen molar-refractivity contribution in [1.82, 2.24) is 9.78 Å². The molecule has 0 amide bonds. The van der Waals surface area contributed by atoms with Crippen LogP contribution in [0, 0.1) is 28.6 Å². The first kappa shape index (κ1) is 18.9. The summed E-state index contributed by atoms with van der Waals surface area (Å²) in [7, 11) is 1.38. The van der Waals surface area contributed by atoms with Gasteiger partial charge in [0.1, 0.15) is 12.0 Å². The van der Waals surface area contributed by atoms with E-state index in [9.17, 15) is 23.2 Å². The van der Waals surface area contributed by atoms with E-state index in [0.29, 0.717) is 6.42 Å². The highest BCUT2D eigenvalue weighted by Crippen LogP contribution is 2.51. The summed E-state index contributed by atoms with van der Waals surface area (Å²) >= 11 is 0. The number of hydrogen-bond acceptors (Lipinski definition) is 5. The average molecular weight is 370 g/mol. The number of hydrogen-bond donors (Lipinski definition) is 1. The van der Waals surface area contributed by atoms with E-state index in [2.05, 4.69) is 5.10 Å². The van der Waals surface area contributed by atoms with Gasteiger partial charge in [-0.3, -0.25) is 9.48 Å². The zero-order valence-corrected chi connectivity index (χ0v) is 14.7. The second kappa shape index (κ2) is 6.06. The third-order valence-electron chi connectivity index (χ3n) is 5.27. The number of aryl methyl sites for hydroxylation is 1. The van der Waals surface area contributed by atoms with Crippen molar-refractivity contribution in [3.8, 4) is 6.07 Å². The second-order valence-electron chi connectivity index (χ2n) is 7.96. The van der Waals surface area contributed by atoms with Crippen LogP contribution in [-0.2, 0) is 22.8 Å². The van der Waals surface area contributed by atoms with Crippen LogP contribution in [0.5, 0.6) is 0 Å². The maximum Gasteiger partial charge on any atom is 0.435 e. The molecule has 0 unspecified atom stereocenters. The molecule has 0 bridgehead atoms. The first-order valence-electron chi connectivity index (χ1n) is 8.39. The van der Waals surface area contributed by atoms with Crippen molar-refractivity contribution in [2.75, 3.05) is 0 Å². The van der Waals surface area contributed by atoms with Gasteiger partial charge in [0.25, 0.3) is 0 Å². The van der Waals surface area contributed by atoms with Crippen molar-refractivity contribution in [2.24, 2.45) is 30.0 Å². The molecule has 0 radical (unpaired) electrons. The minimum Gasteiger partial charge on any atom is -0.358 e. The maximum atomic E-state index is 13.5. The molecule has 1 aliphatic heterocycles. The van der Waals surface area contributed by atoms with Crippen LogP contribution in [0.3, 0.4) is 0 Å². The lowest BCUT2D eigenvalue weighted by molar-refractivity contribution is -0.166. The fourth-order valence-corrected chi connectivity index (χ4v) is 4.33. The van der Waals surface area contributed by atoms with Gasteiger partial charge < -0.3 is 10.5 Å². The Morgan fingerprint density at radius 2 is 2.08 bits per heavy atom. The van der Waals surface area contributed by atoms with Gasteiger partial charge in [-0.1, -0.05) is 13.8 Å². The molecule has 1 saturated carbocycles. The van der Waals surface area contributed by atoms with Gasteiger partial charge in [-0.2, -0.15) is 23.5 Å². The van der Waals surface area contributed by atoms with Crippen molar-refractivity contribution in [3.05, 3.63) is 17.5 Å². The number of alkyl halides is 3. The van der Waals surface area contributed by atoms with E-state index < -0.39 is 42.0 Å². The number of carbonyl (C=O) groups is 1. The van der Waals surface area contributed by atoms with Gasteiger partial charge >= 0.3 is 6.18 Å². The minimum absolute atomic E-state index is 0.159. The zero-order chi connectivity index (χ0) is 19.4. The van der Waals surface area contributed by atoms with Crippen molar-refractivity contribution >= 4 is 5.78 Å². The Morgan fingerprint density at radius 3 is 2.65 bits per heavy atom. The normalized spacial score (nSPS) is 34.2. The highest BCUT2D eigenvalue weighted by atomic mass is 19.4. The van der Waals surface area contributed by atoms with E-state index in [1.54, 1.807) is 0 Å². The molecule has 0 spiro atoms. The lowest BCUT2D eigenvalue weighted by Gasteiger charge is -2.48. The van der Waals surface area contributed by atoms with Gasteiger partial charge in [-0.05, 0) is 11.8 Å². The number of halogens is 3. The second-order valence-corrected chi connectivity index (χ2v) is 7.96. The number of carbonyl (C=O) groups excluding carboxylic acids is 1. The molecule has 2 heterocycles. The molecule has 5 atom stereocenters. The fraction of sp³-hybridized carbons (Fsp3) is 0.706. The molecule has 2 N–H and O–H groups in total. The van der Waals surface area contributed by atoms with Crippen LogP contribution in [-0.4, -0.2) is 27.9 Å². The van der Waals surface area contributed by atoms with E-state index in [1.807, 2.05) is 19.9 Å². The fourth-order valence-electron chi connectivity index (χ4n) is 4.33. The number of fused-ring (bicyclic) bond motifs is 1. The largest absolute Gasteiger partial charge is 0.435 e. The number of rotatable bonds is 1. The van der Waals surface area contributed by atoms with Crippen molar-refractivity contribution in [3.63, 3.8) is 0 Å². The standard InChI is InChI=1S/C17H21F3N4O2/c1-16(2)4-10(25)13-11(5-16)26-15(22)8(6-21)12(13)9-7-24(3)23-14(9)17(18,19)20/h7-8,11-13,15H,4-5,22H2,1-3H3/t8-,11-,12-,13+,15+/m0/s1. The SMILES string of the molecule is Cn1cc([C@@H]2[C@H](C#N)[C@H](N)O[C@H]3CC(C)(C)CC(=O)[C@@H]23)c(C(F)(F)F)n1. The summed E-state index contributed by atoms with van der Waals surface area (Å²) in [6.45, 7) is 3.82. The van der Waals surface area contributed by atoms with Crippen LogP contribution in [0.2, 0.25) is 0 Å². The van der Waals surface area contributed by atoms with Gasteiger partial charge in [0, 0.05) is 31.1 Å². The van der Waals surface area contributed by atoms with E-state index in [1.165, 1.54) is 13.2 Å². The molecule has 1 aromatic heterocycles. The predicted octanol–water partition coefficient (Wildman–Crippen LogP) is 2.35. The zero-order valence-electron chi connectivity index (χ0n) is 14.7. The van der Waals surface area contributed by atoms with Gasteiger partial charge in [-0.25, -0.2) is 0 Å². The lowest BCUT2D eigenvalue weighted by atomic mass is 9.61. The Kier molecular flexibility index (Phi) is 4.40. The monoisotopic (exact) mass is 370 g/mol. The van der Waals surface area contributed by atoms with Crippen LogP contribution in [0.1, 0.15) is 43.9 Å². The van der Waals surface area contributed by atoms with Crippen LogP contribution < -0.4 is 5.73 Å². The molecule has 1 saturated heterocycles. The highest BCUT2D eigenvalue weighted by molar-refractivity contribution is 5.84. The molecular formula is C17H21F3N4O2. The molecule has 2 fully saturated rings. The van der Waals surface area contributed by atoms with Crippen LogP contribution in [0.15, 0.2) is 6.20 Å². The number of nitriles is 1. The summed E-state index contributed by atoms with van der Waals surface area (Å²) in [6, 6.07) is 1.96. The lowest BCUT2D eigenvalue weighted by Crippen LogP contribution is -2.56. The maximum absolute atomic E-state index is 13.5. The number of Topliss-reactive ketones (excluding diaryl/α,β-unsaturated/α-hetero) is 1. The minimum atomic E-state index is -4.69. The van der Waals surface area contributed by atoms with Gasteiger partial charge in [-0.15, -0.1) is 0 Å². The van der Waals surface area contributed by atoms with Gasteiger partial charge in [0.15, 0.2) is 5.69 Å². The van der Waals surface area contributed by atoms with Gasteiger partial charge in [0.2, 0.25) is 0 Å². The Labute approximate surface area is 149 Å². The van der Waals surface area contributed by atoms with Crippen LogP contribution >= 0.6 is 0 Å². The number of nitrogens with two attached hydrogens (primary N) is 1. The summed E-state index contributed by atoms with van der Waals surface area (Å²) < 4.78 is 47.2. The van der Waals surface area contributed by atoms with Crippen molar-refractivity contribution in [2.45, 2.75) is 51.1 Å². The average Bonchev–Trinajstić information content (AvgIpc) is 2.86. The molecule has 26 heavy (non-hydrogen) atoms. The molecule has 0 aromatic carbocycles. The molecular weight excluding hydrogens is 349 g/mol. The third-order valence-corrected chi connectivity index (χ3v) is 5.27. The predicted molar refractivity (Wildman–Crippen MR) is 84.4 cm³/mol.